The molecular formula is C16H16ClFO3. The van der Waals surface area contributed by atoms with Crippen LogP contribution in [-0.2, 0) is 6.42 Å². The molecule has 5 heteroatoms. The lowest BCUT2D eigenvalue weighted by molar-refractivity contribution is 0.172. The first kappa shape index (κ1) is 15.6. The molecule has 1 unspecified atom stereocenters. The maximum Gasteiger partial charge on any atom is 0.132 e. The zero-order chi connectivity index (χ0) is 15.4. The minimum atomic E-state index is -0.997. The number of hydrogen-bond acceptors (Lipinski definition) is 3. The molecule has 112 valence electrons. The molecular weight excluding hydrogens is 295 g/mol. The quantitative estimate of drug-likeness (QED) is 0.913. The standard InChI is InChI=1S/C16H16ClFO3/c1-20-12-4-5-13(14(18)9-12)15(19)8-10-7-11(17)3-6-16(10)21-2/h3-7,9,15,19H,8H2,1-2H3. The first-order valence-corrected chi connectivity index (χ1v) is 6.77. The SMILES string of the molecule is COc1ccc(C(O)Cc2cc(Cl)ccc2OC)c(F)c1. The Hall–Kier alpha value is -1.78. The van der Waals surface area contributed by atoms with Gasteiger partial charge in [-0.1, -0.05) is 11.6 Å². The highest BCUT2D eigenvalue weighted by Gasteiger charge is 2.16. The number of halogens is 2. The van der Waals surface area contributed by atoms with Crippen LogP contribution in [0.2, 0.25) is 5.02 Å². The first-order valence-electron chi connectivity index (χ1n) is 6.39. The van der Waals surface area contributed by atoms with Crippen LogP contribution in [0.25, 0.3) is 0 Å². The molecule has 0 heterocycles. The topological polar surface area (TPSA) is 38.7 Å². The lowest BCUT2D eigenvalue weighted by Crippen LogP contribution is -2.06. The molecule has 3 nitrogen and oxygen atoms in total. The number of benzene rings is 2. The predicted octanol–water partition coefficient (Wildman–Crippen LogP) is 3.77. The normalized spacial score (nSPS) is 12.0. The molecule has 1 atom stereocenters. The van der Waals surface area contributed by atoms with Crippen LogP contribution in [0, 0.1) is 5.82 Å². The fourth-order valence-electron chi connectivity index (χ4n) is 2.13. The molecule has 0 saturated heterocycles. The predicted molar refractivity (Wildman–Crippen MR) is 79.6 cm³/mol. The summed E-state index contributed by atoms with van der Waals surface area (Å²) in [6.07, 6.45) is -0.796. The van der Waals surface area contributed by atoms with Gasteiger partial charge in [-0.25, -0.2) is 4.39 Å². The average molecular weight is 311 g/mol. The highest BCUT2D eigenvalue weighted by Crippen LogP contribution is 2.29. The van der Waals surface area contributed by atoms with Crippen LogP contribution in [0.3, 0.4) is 0 Å². The van der Waals surface area contributed by atoms with Gasteiger partial charge in [0.05, 0.1) is 20.3 Å². The molecule has 0 aliphatic rings. The minimum absolute atomic E-state index is 0.201. The van der Waals surface area contributed by atoms with Crippen molar-refractivity contribution < 1.29 is 19.0 Å². The number of aliphatic hydroxyl groups excluding tert-OH is 1. The van der Waals surface area contributed by atoms with Gasteiger partial charge in [0.25, 0.3) is 0 Å². The van der Waals surface area contributed by atoms with Crippen molar-refractivity contribution in [1.29, 1.82) is 0 Å². The Morgan fingerprint density at radius 1 is 1.14 bits per heavy atom. The third-order valence-corrected chi connectivity index (χ3v) is 3.46. The van der Waals surface area contributed by atoms with E-state index in [1.165, 1.54) is 26.4 Å². The van der Waals surface area contributed by atoms with Crippen molar-refractivity contribution in [2.45, 2.75) is 12.5 Å². The van der Waals surface area contributed by atoms with E-state index in [0.29, 0.717) is 22.1 Å². The largest absolute Gasteiger partial charge is 0.497 e. The van der Waals surface area contributed by atoms with Crippen LogP contribution in [0.4, 0.5) is 4.39 Å². The molecule has 0 saturated carbocycles. The van der Waals surface area contributed by atoms with Crippen molar-refractivity contribution in [3.63, 3.8) is 0 Å². The zero-order valence-corrected chi connectivity index (χ0v) is 12.5. The molecule has 0 fully saturated rings. The summed E-state index contributed by atoms with van der Waals surface area (Å²) in [4.78, 5) is 0. The van der Waals surface area contributed by atoms with Gasteiger partial charge in [-0.3, -0.25) is 0 Å². The maximum absolute atomic E-state index is 14.0. The second-order valence-corrected chi connectivity index (χ2v) is 5.00. The van der Waals surface area contributed by atoms with Gasteiger partial charge < -0.3 is 14.6 Å². The van der Waals surface area contributed by atoms with Crippen LogP contribution in [0.5, 0.6) is 11.5 Å². The molecule has 0 amide bonds. The third kappa shape index (κ3) is 3.65. The van der Waals surface area contributed by atoms with E-state index in [-0.39, 0.29) is 12.0 Å². The summed E-state index contributed by atoms with van der Waals surface area (Å²) >= 11 is 5.95. The van der Waals surface area contributed by atoms with Gasteiger partial charge >= 0.3 is 0 Å². The lowest BCUT2D eigenvalue weighted by atomic mass is 10.00. The number of ether oxygens (including phenoxy) is 2. The molecule has 2 rings (SSSR count). The van der Waals surface area contributed by atoms with Crippen molar-refractivity contribution >= 4 is 11.6 Å². The van der Waals surface area contributed by atoms with E-state index in [9.17, 15) is 9.50 Å². The van der Waals surface area contributed by atoms with Gasteiger partial charge in [0.1, 0.15) is 17.3 Å². The fourth-order valence-corrected chi connectivity index (χ4v) is 2.32. The second kappa shape index (κ2) is 6.78. The highest BCUT2D eigenvalue weighted by atomic mass is 35.5. The number of hydrogen-bond donors (Lipinski definition) is 1. The van der Waals surface area contributed by atoms with E-state index in [2.05, 4.69) is 0 Å². The summed E-state index contributed by atoms with van der Waals surface area (Å²) < 4.78 is 24.1. The Balaban J connectivity index is 2.25. The Morgan fingerprint density at radius 3 is 2.52 bits per heavy atom. The fraction of sp³-hybridized carbons (Fsp3) is 0.250. The van der Waals surface area contributed by atoms with Crippen molar-refractivity contribution in [2.24, 2.45) is 0 Å². The second-order valence-electron chi connectivity index (χ2n) is 4.56. The molecule has 0 aliphatic carbocycles. The van der Waals surface area contributed by atoms with E-state index in [4.69, 9.17) is 21.1 Å². The van der Waals surface area contributed by atoms with E-state index < -0.39 is 11.9 Å². The smallest absolute Gasteiger partial charge is 0.132 e. The molecule has 1 N–H and O–H groups in total. The van der Waals surface area contributed by atoms with Gasteiger partial charge in [0, 0.05) is 23.1 Å². The summed E-state index contributed by atoms with van der Waals surface area (Å²) in [6.45, 7) is 0. The van der Waals surface area contributed by atoms with Crippen LogP contribution < -0.4 is 9.47 Å². The highest BCUT2D eigenvalue weighted by molar-refractivity contribution is 6.30. The Morgan fingerprint density at radius 2 is 1.90 bits per heavy atom. The van der Waals surface area contributed by atoms with Crippen molar-refractivity contribution in [3.05, 3.63) is 58.4 Å². The maximum atomic E-state index is 14.0. The molecule has 2 aromatic carbocycles. The molecule has 0 bridgehead atoms. The minimum Gasteiger partial charge on any atom is -0.497 e. The van der Waals surface area contributed by atoms with E-state index in [0.717, 1.165) is 0 Å². The molecule has 0 radical (unpaired) electrons. The third-order valence-electron chi connectivity index (χ3n) is 3.22. The summed E-state index contributed by atoms with van der Waals surface area (Å²) in [7, 11) is 2.99. The first-order chi connectivity index (χ1) is 10.0. The number of rotatable bonds is 5. The Labute approximate surface area is 127 Å². The molecule has 2 aromatic rings. The lowest BCUT2D eigenvalue weighted by Gasteiger charge is -2.15. The Kier molecular flexibility index (Phi) is 5.04. The van der Waals surface area contributed by atoms with Gasteiger partial charge in [-0.2, -0.15) is 0 Å². The van der Waals surface area contributed by atoms with Gasteiger partial charge in [-0.05, 0) is 35.9 Å². The molecule has 0 spiro atoms. The molecule has 21 heavy (non-hydrogen) atoms. The van der Waals surface area contributed by atoms with E-state index in [1.54, 1.807) is 24.3 Å². The summed E-state index contributed by atoms with van der Waals surface area (Å²) in [5, 5.41) is 10.8. The number of aliphatic hydroxyl groups is 1. The van der Waals surface area contributed by atoms with Crippen molar-refractivity contribution in [1.82, 2.24) is 0 Å². The summed E-state index contributed by atoms with van der Waals surface area (Å²) in [5.41, 5.74) is 0.922. The average Bonchev–Trinajstić information content (AvgIpc) is 2.47. The molecule has 0 aliphatic heterocycles. The molecule has 0 aromatic heterocycles. The van der Waals surface area contributed by atoms with Crippen LogP contribution in [-0.4, -0.2) is 19.3 Å². The van der Waals surface area contributed by atoms with Gasteiger partial charge in [0.2, 0.25) is 0 Å². The summed E-state index contributed by atoms with van der Waals surface area (Å²) in [5.74, 6) is 0.499. The van der Waals surface area contributed by atoms with E-state index in [1.807, 2.05) is 0 Å². The van der Waals surface area contributed by atoms with Crippen LogP contribution in [0.15, 0.2) is 36.4 Å². The summed E-state index contributed by atoms with van der Waals surface area (Å²) in [6, 6.07) is 9.48. The van der Waals surface area contributed by atoms with E-state index >= 15 is 0 Å². The van der Waals surface area contributed by atoms with Crippen molar-refractivity contribution in [2.75, 3.05) is 14.2 Å². The van der Waals surface area contributed by atoms with Crippen LogP contribution >= 0.6 is 11.6 Å². The monoisotopic (exact) mass is 310 g/mol. The van der Waals surface area contributed by atoms with Crippen molar-refractivity contribution in [3.8, 4) is 11.5 Å². The zero-order valence-electron chi connectivity index (χ0n) is 11.8. The van der Waals surface area contributed by atoms with Gasteiger partial charge in [0.15, 0.2) is 0 Å². The Bertz CT molecular complexity index is 631. The number of methoxy groups -OCH3 is 2. The van der Waals surface area contributed by atoms with Gasteiger partial charge in [-0.15, -0.1) is 0 Å². The van der Waals surface area contributed by atoms with Crippen LogP contribution in [0.1, 0.15) is 17.2 Å².